The number of piperidine rings is 1. The van der Waals surface area contributed by atoms with Gasteiger partial charge >= 0.3 is 5.97 Å². The lowest BCUT2D eigenvalue weighted by molar-refractivity contribution is 0.0669. The molecule has 1 fully saturated rings. The third kappa shape index (κ3) is 4.17. The minimum absolute atomic E-state index is 0.167. The van der Waals surface area contributed by atoms with Crippen LogP contribution in [0.3, 0.4) is 0 Å². The smallest absolute Gasteiger partial charge is 0.356 e. The standard InChI is InChI=1S/C19H21N3O4/c1-26-15-4-2-13(3-5-15)10-14-6-8-22(9-7-14)18(23)16-11-21-17(12-20-16)19(24)25/h2-5,11-12,14H,6-10H2,1H3,(H,24,25). The topological polar surface area (TPSA) is 92.6 Å². The summed E-state index contributed by atoms with van der Waals surface area (Å²) in [5.41, 5.74) is 1.29. The number of aromatic nitrogens is 2. The molecule has 0 atom stereocenters. The van der Waals surface area contributed by atoms with Crippen molar-refractivity contribution in [1.29, 1.82) is 0 Å². The SMILES string of the molecule is COc1ccc(CC2CCN(C(=O)c3cnc(C(=O)O)cn3)CC2)cc1. The summed E-state index contributed by atoms with van der Waals surface area (Å²) in [5, 5.41) is 8.84. The number of carbonyl (C=O) groups is 2. The van der Waals surface area contributed by atoms with E-state index in [1.807, 2.05) is 12.1 Å². The Balaban J connectivity index is 1.53. The Bertz CT molecular complexity index is 766. The molecule has 0 unspecified atom stereocenters. The largest absolute Gasteiger partial charge is 0.497 e. The minimum Gasteiger partial charge on any atom is -0.497 e. The van der Waals surface area contributed by atoms with Crippen molar-refractivity contribution in [3.63, 3.8) is 0 Å². The third-order valence-corrected chi connectivity index (χ3v) is 4.68. The van der Waals surface area contributed by atoms with Gasteiger partial charge in [-0.2, -0.15) is 0 Å². The number of methoxy groups -OCH3 is 1. The molecule has 2 heterocycles. The number of rotatable bonds is 5. The summed E-state index contributed by atoms with van der Waals surface area (Å²) in [5.74, 6) is 0.0327. The molecule has 136 valence electrons. The molecule has 1 amide bonds. The van der Waals surface area contributed by atoms with E-state index in [0.29, 0.717) is 19.0 Å². The van der Waals surface area contributed by atoms with Crippen molar-refractivity contribution in [3.05, 3.63) is 53.6 Å². The van der Waals surface area contributed by atoms with Crippen molar-refractivity contribution in [2.45, 2.75) is 19.3 Å². The molecule has 1 saturated heterocycles. The zero-order chi connectivity index (χ0) is 18.5. The van der Waals surface area contributed by atoms with Crippen LogP contribution in [0.2, 0.25) is 0 Å². The Morgan fingerprint density at radius 1 is 1.12 bits per heavy atom. The maximum absolute atomic E-state index is 12.5. The molecule has 0 saturated carbocycles. The first-order valence-electron chi connectivity index (χ1n) is 8.54. The fourth-order valence-electron chi connectivity index (χ4n) is 3.15. The number of aromatic carboxylic acids is 1. The molecule has 3 rings (SSSR count). The van der Waals surface area contributed by atoms with E-state index in [-0.39, 0.29) is 17.3 Å². The summed E-state index contributed by atoms with van der Waals surface area (Å²) in [6, 6.07) is 8.09. The van der Waals surface area contributed by atoms with Crippen molar-refractivity contribution in [2.24, 2.45) is 5.92 Å². The van der Waals surface area contributed by atoms with Gasteiger partial charge in [0.2, 0.25) is 0 Å². The van der Waals surface area contributed by atoms with Crippen LogP contribution in [-0.2, 0) is 6.42 Å². The van der Waals surface area contributed by atoms with E-state index in [0.717, 1.165) is 31.2 Å². The summed E-state index contributed by atoms with van der Waals surface area (Å²) < 4.78 is 5.17. The molecule has 1 aromatic heterocycles. The molecule has 2 aromatic rings. The highest BCUT2D eigenvalue weighted by Gasteiger charge is 2.25. The Hall–Kier alpha value is -2.96. The first-order chi connectivity index (χ1) is 12.6. The highest BCUT2D eigenvalue weighted by Crippen LogP contribution is 2.23. The molecule has 1 aliphatic rings. The monoisotopic (exact) mass is 355 g/mol. The molecule has 0 aliphatic carbocycles. The molecule has 26 heavy (non-hydrogen) atoms. The number of benzene rings is 1. The maximum Gasteiger partial charge on any atom is 0.356 e. The molecule has 0 bridgehead atoms. The van der Waals surface area contributed by atoms with E-state index in [1.54, 1.807) is 12.0 Å². The van der Waals surface area contributed by atoms with Crippen LogP contribution in [-0.4, -0.2) is 52.1 Å². The Kier molecular flexibility index (Phi) is 5.46. The molecular formula is C19H21N3O4. The fraction of sp³-hybridized carbons (Fsp3) is 0.368. The van der Waals surface area contributed by atoms with E-state index in [4.69, 9.17) is 9.84 Å². The van der Waals surface area contributed by atoms with Gasteiger partial charge in [0.1, 0.15) is 11.4 Å². The van der Waals surface area contributed by atoms with Crippen LogP contribution in [0, 0.1) is 5.92 Å². The molecule has 7 heteroatoms. The molecule has 1 N–H and O–H groups in total. The van der Waals surface area contributed by atoms with Crippen molar-refractivity contribution in [3.8, 4) is 5.75 Å². The summed E-state index contributed by atoms with van der Waals surface area (Å²) in [6.45, 7) is 1.34. The van der Waals surface area contributed by atoms with Crippen molar-refractivity contribution in [2.75, 3.05) is 20.2 Å². The van der Waals surface area contributed by atoms with Crippen molar-refractivity contribution >= 4 is 11.9 Å². The van der Waals surface area contributed by atoms with Crippen LogP contribution in [0.15, 0.2) is 36.7 Å². The summed E-state index contributed by atoms with van der Waals surface area (Å²) in [4.78, 5) is 32.7. The second-order valence-corrected chi connectivity index (χ2v) is 6.38. The summed E-state index contributed by atoms with van der Waals surface area (Å²) in [7, 11) is 1.65. The van der Waals surface area contributed by atoms with Gasteiger partial charge in [0.05, 0.1) is 19.5 Å². The molecule has 7 nitrogen and oxygen atoms in total. The Morgan fingerprint density at radius 2 is 1.73 bits per heavy atom. The third-order valence-electron chi connectivity index (χ3n) is 4.68. The second kappa shape index (κ2) is 7.95. The number of carboxylic acid groups (broad SMARTS) is 1. The van der Waals surface area contributed by atoms with E-state index < -0.39 is 5.97 Å². The summed E-state index contributed by atoms with van der Waals surface area (Å²) in [6.07, 6.45) is 5.19. The lowest BCUT2D eigenvalue weighted by Crippen LogP contribution is -2.39. The number of ether oxygens (including phenoxy) is 1. The average Bonchev–Trinajstić information content (AvgIpc) is 2.69. The van der Waals surface area contributed by atoms with E-state index >= 15 is 0 Å². The zero-order valence-electron chi connectivity index (χ0n) is 14.6. The van der Waals surface area contributed by atoms with E-state index in [1.165, 1.54) is 11.8 Å². The molecule has 1 aromatic carbocycles. The van der Waals surface area contributed by atoms with E-state index in [2.05, 4.69) is 22.1 Å². The average molecular weight is 355 g/mol. The first-order valence-corrected chi connectivity index (χ1v) is 8.54. The maximum atomic E-state index is 12.5. The van der Waals surface area contributed by atoms with Crippen molar-refractivity contribution < 1.29 is 19.4 Å². The van der Waals surface area contributed by atoms with Crippen molar-refractivity contribution in [1.82, 2.24) is 14.9 Å². The van der Waals surface area contributed by atoms with Crippen LogP contribution in [0.1, 0.15) is 39.4 Å². The van der Waals surface area contributed by atoms with Crippen LogP contribution >= 0.6 is 0 Å². The van der Waals surface area contributed by atoms with Gasteiger partial charge in [-0.3, -0.25) is 4.79 Å². The van der Waals surface area contributed by atoms with Crippen LogP contribution < -0.4 is 4.74 Å². The Labute approximate surface area is 151 Å². The van der Waals surface area contributed by atoms with E-state index in [9.17, 15) is 9.59 Å². The quantitative estimate of drug-likeness (QED) is 0.884. The highest BCUT2D eigenvalue weighted by molar-refractivity contribution is 5.92. The fourth-order valence-corrected chi connectivity index (χ4v) is 3.15. The van der Waals surface area contributed by atoms with Gasteiger partial charge in [-0.25, -0.2) is 14.8 Å². The number of nitrogens with zero attached hydrogens (tertiary/aromatic N) is 3. The highest BCUT2D eigenvalue weighted by atomic mass is 16.5. The molecule has 0 spiro atoms. The molecule has 0 radical (unpaired) electrons. The van der Waals surface area contributed by atoms with Gasteiger partial charge in [0, 0.05) is 13.1 Å². The number of amides is 1. The van der Waals surface area contributed by atoms with Gasteiger partial charge in [0.25, 0.3) is 5.91 Å². The first kappa shape index (κ1) is 17.8. The lowest BCUT2D eigenvalue weighted by atomic mass is 9.90. The second-order valence-electron chi connectivity index (χ2n) is 6.38. The van der Waals surface area contributed by atoms with Crippen LogP contribution in [0.5, 0.6) is 5.75 Å². The van der Waals surface area contributed by atoms with Gasteiger partial charge in [-0.1, -0.05) is 12.1 Å². The predicted molar refractivity (Wildman–Crippen MR) is 94.3 cm³/mol. The van der Waals surface area contributed by atoms with Crippen LogP contribution in [0.25, 0.3) is 0 Å². The van der Waals surface area contributed by atoms with Gasteiger partial charge in [-0.15, -0.1) is 0 Å². The number of hydrogen-bond acceptors (Lipinski definition) is 5. The zero-order valence-corrected chi connectivity index (χ0v) is 14.6. The van der Waals surface area contributed by atoms with Crippen LogP contribution in [0.4, 0.5) is 0 Å². The number of likely N-dealkylation sites (tertiary alicyclic amines) is 1. The lowest BCUT2D eigenvalue weighted by Gasteiger charge is -2.31. The Morgan fingerprint density at radius 3 is 2.27 bits per heavy atom. The predicted octanol–water partition coefficient (Wildman–Crippen LogP) is 2.28. The number of carboxylic acids is 1. The van der Waals surface area contributed by atoms with Gasteiger partial charge < -0.3 is 14.7 Å². The minimum atomic E-state index is -1.16. The van der Waals surface area contributed by atoms with Gasteiger partial charge in [-0.05, 0) is 42.9 Å². The normalized spacial score (nSPS) is 14.9. The number of hydrogen-bond donors (Lipinski definition) is 1. The summed E-state index contributed by atoms with van der Waals surface area (Å²) >= 11 is 0. The molecular weight excluding hydrogens is 334 g/mol. The molecule has 1 aliphatic heterocycles. The van der Waals surface area contributed by atoms with Gasteiger partial charge in [0.15, 0.2) is 5.69 Å². The number of carbonyl (C=O) groups excluding carboxylic acids is 1.